The fourth-order valence-corrected chi connectivity index (χ4v) is 4.20. The average Bonchev–Trinajstić information content (AvgIpc) is 3.03. The third-order valence-corrected chi connectivity index (χ3v) is 5.50. The Balaban J connectivity index is 2.08. The van der Waals surface area contributed by atoms with Crippen molar-refractivity contribution in [1.82, 2.24) is 19.7 Å². The quantitative estimate of drug-likeness (QED) is 0.688. The highest BCUT2D eigenvalue weighted by molar-refractivity contribution is 7.15. The molecule has 0 radical (unpaired) electrons. The highest BCUT2D eigenvalue weighted by Gasteiger charge is 2.29. The van der Waals surface area contributed by atoms with Gasteiger partial charge in [-0.15, -0.1) is 21.5 Å². The Hall–Kier alpha value is -2.34. The molecular weight excluding hydrogens is 306 g/mol. The Kier molecular flexibility index (Phi) is 3.16. The standard InChI is InChI=1S/C17H17N5S/c1-9-11(3)23-17-14(9)15(13-5-7-18-8-6-13)19-10(2)16-21-20-12(4)22(16)17/h5-8,10H,1-4H3. The molecule has 1 aliphatic heterocycles. The van der Waals surface area contributed by atoms with E-state index in [-0.39, 0.29) is 6.04 Å². The van der Waals surface area contributed by atoms with E-state index in [2.05, 4.69) is 40.5 Å². The molecule has 6 heteroatoms. The van der Waals surface area contributed by atoms with Crippen LogP contribution >= 0.6 is 11.3 Å². The highest BCUT2D eigenvalue weighted by Crippen LogP contribution is 2.38. The van der Waals surface area contributed by atoms with Crippen molar-refractivity contribution >= 4 is 17.0 Å². The smallest absolute Gasteiger partial charge is 0.162 e. The zero-order valence-electron chi connectivity index (χ0n) is 13.5. The molecule has 4 heterocycles. The lowest BCUT2D eigenvalue weighted by atomic mass is 10.0. The molecule has 0 aliphatic carbocycles. The molecule has 1 atom stereocenters. The molecule has 0 amide bonds. The van der Waals surface area contributed by atoms with Gasteiger partial charge >= 0.3 is 0 Å². The van der Waals surface area contributed by atoms with Gasteiger partial charge in [-0.1, -0.05) is 0 Å². The molecule has 0 fully saturated rings. The van der Waals surface area contributed by atoms with Gasteiger partial charge in [0.15, 0.2) is 5.82 Å². The first-order chi connectivity index (χ1) is 11.1. The summed E-state index contributed by atoms with van der Waals surface area (Å²) in [7, 11) is 0. The van der Waals surface area contributed by atoms with Crippen LogP contribution in [0.25, 0.3) is 5.00 Å². The van der Waals surface area contributed by atoms with Gasteiger partial charge in [-0.05, 0) is 45.4 Å². The number of aliphatic imine (C=N–C) groups is 1. The van der Waals surface area contributed by atoms with Crippen LogP contribution in [0.2, 0.25) is 0 Å². The van der Waals surface area contributed by atoms with Crippen LogP contribution in [0.4, 0.5) is 0 Å². The second-order valence-electron chi connectivity index (χ2n) is 5.79. The van der Waals surface area contributed by atoms with E-state index in [1.54, 1.807) is 11.3 Å². The van der Waals surface area contributed by atoms with Gasteiger partial charge in [0.25, 0.3) is 0 Å². The van der Waals surface area contributed by atoms with Crippen LogP contribution < -0.4 is 0 Å². The molecular formula is C17H17N5S. The van der Waals surface area contributed by atoms with E-state index in [0.29, 0.717) is 0 Å². The molecule has 5 nitrogen and oxygen atoms in total. The van der Waals surface area contributed by atoms with Crippen LogP contribution in [0.3, 0.4) is 0 Å². The minimum atomic E-state index is -0.0429. The Morgan fingerprint density at radius 1 is 1.09 bits per heavy atom. The van der Waals surface area contributed by atoms with Gasteiger partial charge in [-0.2, -0.15) is 0 Å². The van der Waals surface area contributed by atoms with Gasteiger partial charge in [0.1, 0.15) is 16.9 Å². The fourth-order valence-electron chi connectivity index (χ4n) is 2.99. The topological polar surface area (TPSA) is 56.0 Å². The van der Waals surface area contributed by atoms with Crippen molar-refractivity contribution in [2.24, 2.45) is 4.99 Å². The summed E-state index contributed by atoms with van der Waals surface area (Å²) in [5, 5.41) is 9.79. The Morgan fingerprint density at radius 2 is 1.83 bits per heavy atom. The monoisotopic (exact) mass is 323 g/mol. The Morgan fingerprint density at radius 3 is 2.57 bits per heavy atom. The van der Waals surface area contributed by atoms with Crippen molar-refractivity contribution in [3.63, 3.8) is 0 Å². The van der Waals surface area contributed by atoms with Gasteiger partial charge in [0.05, 0.1) is 5.71 Å². The normalized spacial score (nSPS) is 16.5. The van der Waals surface area contributed by atoms with E-state index in [9.17, 15) is 0 Å². The van der Waals surface area contributed by atoms with Crippen molar-refractivity contribution < 1.29 is 0 Å². The van der Waals surface area contributed by atoms with Gasteiger partial charge < -0.3 is 0 Å². The largest absolute Gasteiger partial charge is 0.273 e. The summed E-state index contributed by atoms with van der Waals surface area (Å²) in [4.78, 5) is 10.4. The third kappa shape index (κ3) is 2.05. The van der Waals surface area contributed by atoms with Crippen molar-refractivity contribution in [3.8, 4) is 5.00 Å². The molecule has 0 bridgehead atoms. The van der Waals surface area contributed by atoms with Crippen LogP contribution in [-0.4, -0.2) is 25.5 Å². The number of hydrogen-bond donors (Lipinski definition) is 0. The average molecular weight is 323 g/mol. The maximum atomic E-state index is 4.99. The molecule has 0 N–H and O–H groups in total. The molecule has 23 heavy (non-hydrogen) atoms. The first-order valence-corrected chi connectivity index (χ1v) is 8.40. The van der Waals surface area contributed by atoms with Gasteiger partial charge in [-0.25, -0.2) is 0 Å². The molecule has 116 valence electrons. The van der Waals surface area contributed by atoms with Gasteiger partial charge in [0.2, 0.25) is 0 Å². The van der Waals surface area contributed by atoms with E-state index in [1.807, 2.05) is 31.5 Å². The fraction of sp³-hybridized carbons (Fsp3) is 0.294. The number of aryl methyl sites for hydroxylation is 2. The molecule has 0 aromatic carbocycles. The Labute approximate surface area is 138 Å². The molecule has 3 aromatic rings. The van der Waals surface area contributed by atoms with Gasteiger partial charge in [0, 0.05) is 28.4 Å². The molecule has 1 unspecified atom stereocenters. The number of pyridine rings is 1. The van der Waals surface area contributed by atoms with Crippen LogP contribution in [0.15, 0.2) is 29.5 Å². The molecule has 0 spiro atoms. The summed E-state index contributed by atoms with van der Waals surface area (Å²) < 4.78 is 2.16. The van der Waals surface area contributed by atoms with E-state index in [1.165, 1.54) is 16.0 Å². The number of hydrogen-bond acceptors (Lipinski definition) is 5. The van der Waals surface area contributed by atoms with Crippen LogP contribution in [0.1, 0.15) is 46.2 Å². The summed E-state index contributed by atoms with van der Waals surface area (Å²) in [6.45, 7) is 8.38. The van der Waals surface area contributed by atoms with Crippen molar-refractivity contribution in [2.45, 2.75) is 33.7 Å². The zero-order valence-corrected chi connectivity index (χ0v) is 14.3. The SMILES string of the molecule is Cc1sc2c(c1C)C(c1ccncc1)=NC(C)c1nnc(C)n1-2. The lowest BCUT2D eigenvalue weighted by molar-refractivity contribution is 0.724. The van der Waals surface area contributed by atoms with Gasteiger partial charge in [-0.3, -0.25) is 14.5 Å². The molecule has 4 rings (SSSR count). The summed E-state index contributed by atoms with van der Waals surface area (Å²) in [5.74, 6) is 1.80. The first kappa shape index (κ1) is 14.3. The number of fused-ring (bicyclic) bond motifs is 3. The lowest BCUT2D eigenvalue weighted by Crippen LogP contribution is -2.07. The predicted molar refractivity (Wildman–Crippen MR) is 91.7 cm³/mol. The van der Waals surface area contributed by atoms with E-state index in [0.717, 1.165) is 27.9 Å². The van der Waals surface area contributed by atoms with Crippen LogP contribution in [-0.2, 0) is 0 Å². The van der Waals surface area contributed by atoms with Crippen LogP contribution in [0.5, 0.6) is 0 Å². The summed E-state index contributed by atoms with van der Waals surface area (Å²) >= 11 is 1.78. The number of aromatic nitrogens is 4. The molecule has 0 saturated carbocycles. The summed E-state index contributed by atoms with van der Waals surface area (Å²) in [6.07, 6.45) is 3.62. The zero-order chi connectivity index (χ0) is 16.1. The first-order valence-electron chi connectivity index (χ1n) is 7.58. The lowest BCUT2D eigenvalue weighted by Gasteiger charge is -2.09. The minimum Gasteiger partial charge on any atom is -0.273 e. The van der Waals surface area contributed by atoms with Crippen molar-refractivity contribution in [2.75, 3.05) is 0 Å². The number of rotatable bonds is 1. The Bertz CT molecular complexity index is 920. The summed E-state index contributed by atoms with van der Waals surface area (Å²) in [6, 6.07) is 3.99. The maximum Gasteiger partial charge on any atom is 0.162 e. The molecule has 0 saturated heterocycles. The van der Waals surface area contributed by atoms with E-state index < -0.39 is 0 Å². The third-order valence-electron chi connectivity index (χ3n) is 4.31. The molecule has 3 aromatic heterocycles. The maximum absolute atomic E-state index is 4.99. The van der Waals surface area contributed by atoms with Crippen LogP contribution in [0, 0.1) is 20.8 Å². The van der Waals surface area contributed by atoms with E-state index >= 15 is 0 Å². The van der Waals surface area contributed by atoms with Crippen molar-refractivity contribution in [1.29, 1.82) is 0 Å². The van der Waals surface area contributed by atoms with Crippen molar-refractivity contribution in [3.05, 3.63) is 57.7 Å². The molecule has 1 aliphatic rings. The predicted octanol–water partition coefficient (Wildman–Crippen LogP) is 3.56. The minimum absolute atomic E-state index is 0.0429. The second kappa shape index (κ2) is 5.09. The second-order valence-corrected chi connectivity index (χ2v) is 7.00. The highest BCUT2D eigenvalue weighted by atomic mass is 32.1. The number of nitrogens with zero attached hydrogens (tertiary/aromatic N) is 5. The number of thiophene rings is 1. The summed E-state index contributed by atoms with van der Waals surface area (Å²) in [5.41, 5.74) is 4.56. The van der Waals surface area contributed by atoms with E-state index in [4.69, 9.17) is 4.99 Å².